The summed E-state index contributed by atoms with van der Waals surface area (Å²) >= 11 is 1.71. The predicted molar refractivity (Wildman–Crippen MR) is 124 cm³/mol. The average Bonchev–Trinajstić information content (AvgIpc) is 3.18. The monoisotopic (exact) mass is 414 g/mol. The van der Waals surface area contributed by atoms with Crippen LogP contribution in [0.5, 0.6) is 0 Å². The van der Waals surface area contributed by atoms with E-state index in [-0.39, 0.29) is 0 Å². The van der Waals surface area contributed by atoms with Gasteiger partial charge in [-0.25, -0.2) is 4.98 Å². The number of nitrogens with one attached hydrogen (secondary N) is 2. The maximum Gasteiger partial charge on any atom is 0.190 e. The summed E-state index contributed by atoms with van der Waals surface area (Å²) in [4.78, 5) is 13.9. The van der Waals surface area contributed by atoms with Crippen LogP contribution in [0.15, 0.2) is 40.7 Å². The average molecular weight is 415 g/mol. The Morgan fingerprint density at radius 2 is 1.83 bits per heavy atom. The molecule has 0 spiro atoms. The van der Waals surface area contributed by atoms with Gasteiger partial charge >= 0.3 is 0 Å². The Morgan fingerprint density at radius 1 is 1.07 bits per heavy atom. The minimum Gasteiger partial charge on any atom is -0.369 e. The van der Waals surface area contributed by atoms with Gasteiger partial charge in [-0.3, -0.25) is 9.89 Å². The maximum absolute atomic E-state index is 4.50. The van der Waals surface area contributed by atoms with Gasteiger partial charge in [0.2, 0.25) is 0 Å². The molecule has 1 fully saturated rings. The summed E-state index contributed by atoms with van der Waals surface area (Å²) < 4.78 is 0. The summed E-state index contributed by atoms with van der Waals surface area (Å²) in [6, 6.07) is 10.7. The number of hydrogen-bond acceptors (Lipinski definition) is 5. The van der Waals surface area contributed by atoms with Gasteiger partial charge in [-0.05, 0) is 38.4 Å². The molecule has 2 aromatic rings. The number of aliphatic imine (C=N–C) groups is 1. The maximum atomic E-state index is 4.50. The Labute approximate surface area is 179 Å². The van der Waals surface area contributed by atoms with Crippen molar-refractivity contribution in [3.05, 3.63) is 46.4 Å². The SMILES string of the molecule is CN=C(NCCCCN1CCN(c2ccccc2)CC1)NCCc1csc(C)n1. The van der Waals surface area contributed by atoms with Crippen LogP contribution in [0.25, 0.3) is 0 Å². The first-order valence-corrected chi connectivity index (χ1v) is 11.5. The molecule has 2 heterocycles. The van der Waals surface area contributed by atoms with E-state index in [1.807, 2.05) is 14.0 Å². The van der Waals surface area contributed by atoms with Gasteiger partial charge in [0, 0.05) is 63.8 Å². The number of rotatable bonds is 9. The quantitative estimate of drug-likeness (QED) is 0.375. The third-order valence-electron chi connectivity index (χ3n) is 5.25. The molecule has 1 aromatic carbocycles. The molecule has 2 N–H and O–H groups in total. The second kappa shape index (κ2) is 11.8. The van der Waals surface area contributed by atoms with E-state index in [1.54, 1.807) is 11.3 Å². The van der Waals surface area contributed by atoms with Crippen LogP contribution >= 0.6 is 11.3 Å². The van der Waals surface area contributed by atoms with E-state index >= 15 is 0 Å². The largest absolute Gasteiger partial charge is 0.369 e. The van der Waals surface area contributed by atoms with Crippen molar-refractivity contribution in [2.75, 3.05) is 57.8 Å². The molecule has 1 aliphatic rings. The van der Waals surface area contributed by atoms with Crippen molar-refractivity contribution < 1.29 is 0 Å². The van der Waals surface area contributed by atoms with Crippen molar-refractivity contribution in [2.24, 2.45) is 4.99 Å². The minimum atomic E-state index is 0.856. The highest BCUT2D eigenvalue weighted by Crippen LogP contribution is 2.15. The molecule has 29 heavy (non-hydrogen) atoms. The first-order valence-electron chi connectivity index (χ1n) is 10.6. The van der Waals surface area contributed by atoms with Gasteiger partial charge in [-0.1, -0.05) is 18.2 Å². The van der Waals surface area contributed by atoms with Crippen LogP contribution in [-0.4, -0.2) is 68.7 Å². The number of aryl methyl sites for hydroxylation is 1. The number of piperazine rings is 1. The Balaban J connectivity index is 1.23. The fourth-order valence-corrected chi connectivity index (χ4v) is 4.24. The molecule has 0 aliphatic carbocycles. The van der Waals surface area contributed by atoms with E-state index in [4.69, 9.17) is 0 Å². The van der Waals surface area contributed by atoms with E-state index in [1.165, 1.54) is 18.7 Å². The fourth-order valence-electron chi connectivity index (χ4n) is 3.59. The summed E-state index contributed by atoms with van der Waals surface area (Å²) in [5.74, 6) is 0.883. The lowest BCUT2D eigenvalue weighted by Crippen LogP contribution is -2.46. The number of unbranched alkanes of at least 4 members (excludes halogenated alkanes) is 1. The van der Waals surface area contributed by atoms with E-state index in [9.17, 15) is 0 Å². The van der Waals surface area contributed by atoms with Gasteiger partial charge in [0.15, 0.2) is 5.96 Å². The number of guanidine groups is 1. The highest BCUT2D eigenvalue weighted by Gasteiger charge is 2.16. The third-order valence-corrected chi connectivity index (χ3v) is 6.07. The molecule has 158 valence electrons. The summed E-state index contributed by atoms with van der Waals surface area (Å²) in [6.45, 7) is 9.59. The molecular weight excluding hydrogens is 380 g/mol. The number of benzene rings is 1. The summed E-state index contributed by atoms with van der Waals surface area (Å²) in [5, 5.41) is 10.1. The molecule has 0 saturated carbocycles. The molecule has 1 aliphatic heterocycles. The lowest BCUT2D eigenvalue weighted by molar-refractivity contribution is 0.253. The summed E-state index contributed by atoms with van der Waals surface area (Å²) in [6.07, 6.45) is 3.30. The van der Waals surface area contributed by atoms with Crippen molar-refractivity contribution in [1.82, 2.24) is 20.5 Å². The number of nitrogens with zero attached hydrogens (tertiary/aromatic N) is 4. The van der Waals surface area contributed by atoms with Crippen molar-refractivity contribution in [3.63, 3.8) is 0 Å². The van der Waals surface area contributed by atoms with Crippen molar-refractivity contribution >= 4 is 23.0 Å². The first-order chi connectivity index (χ1) is 14.2. The lowest BCUT2D eigenvalue weighted by Gasteiger charge is -2.36. The van der Waals surface area contributed by atoms with E-state index in [0.29, 0.717) is 0 Å². The van der Waals surface area contributed by atoms with Crippen molar-refractivity contribution in [1.29, 1.82) is 0 Å². The second-order valence-corrected chi connectivity index (χ2v) is 8.47. The van der Waals surface area contributed by atoms with Crippen molar-refractivity contribution in [2.45, 2.75) is 26.2 Å². The molecular formula is C22H34N6S. The molecule has 6 nitrogen and oxygen atoms in total. The summed E-state index contributed by atoms with van der Waals surface area (Å²) in [5.41, 5.74) is 2.50. The normalized spacial score (nSPS) is 15.5. The number of anilines is 1. The predicted octanol–water partition coefficient (Wildman–Crippen LogP) is 2.76. The van der Waals surface area contributed by atoms with Crippen LogP contribution in [-0.2, 0) is 6.42 Å². The summed E-state index contributed by atoms with van der Waals surface area (Å²) in [7, 11) is 1.83. The first kappa shape index (κ1) is 21.6. The molecule has 0 atom stereocenters. The van der Waals surface area contributed by atoms with E-state index in [0.717, 1.165) is 68.8 Å². The molecule has 3 rings (SSSR count). The number of hydrogen-bond donors (Lipinski definition) is 2. The zero-order valence-corrected chi connectivity index (χ0v) is 18.5. The molecule has 0 amide bonds. The molecule has 1 aromatic heterocycles. The molecule has 0 bridgehead atoms. The fraction of sp³-hybridized carbons (Fsp3) is 0.545. The van der Waals surface area contributed by atoms with E-state index < -0.39 is 0 Å². The van der Waals surface area contributed by atoms with Gasteiger partial charge in [0.1, 0.15) is 0 Å². The molecule has 1 saturated heterocycles. The van der Waals surface area contributed by atoms with Gasteiger partial charge in [0.05, 0.1) is 10.7 Å². The van der Waals surface area contributed by atoms with Gasteiger partial charge < -0.3 is 15.5 Å². The zero-order valence-electron chi connectivity index (χ0n) is 17.7. The van der Waals surface area contributed by atoms with Gasteiger partial charge in [-0.15, -0.1) is 11.3 Å². The zero-order chi connectivity index (χ0) is 20.3. The molecule has 0 radical (unpaired) electrons. The standard InChI is InChI=1S/C22H34N6S/c1-19-26-20(18-29-19)10-12-25-22(23-2)24-11-6-7-13-27-14-16-28(17-15-27)21-8-4-3-5-9-21/h3-5,8-9,18H,6-7,10-17H2,1-2H3,(H2,23,24,25). The van der Waals surface area contributed by atoms with Crippen LogP contribution in [0.2, 0.25) is 0 Å². The molecule has 7 heteroatoms. The number of para-hydroxylation sites is 1. The Hall–Kier alpha value is -2.12. The van der Waals surface area contributed by atoms with Crippen LogP contribution in [0.3, 0.4) is 0 Å². The Kier molecular flexibility index (Phi) is 8.77. The second-order valence-electron chi connectivity index (χ2n) is 7.40. The highest BCUT2D eigenvalue weighted by atomic mass is 32.1. The Morgan fingerprint density at radius 3 is 2.52 bits per heavy atom. The topological polar surface area (TPSA) is 55.8 Å². The Bertz CT molecular complexity index is 737. The van der Waals surface area contributed by atoms with E-state index in [2.05, 4.69) is 66.1 Å². The third kappa shape index (κ3) is 7.33. The van der Waals surface area contributed by atoms with Gasteiger partial charge in [-0.2, -0.15) is 0 Å². The van der Waals surface area contributed by atoms with Gasteiger partial charge in [0.25, 0.3) is 0 Å². The van der Waals surface area contributed by atoms with Crippen LogP contribution in [0, 0.1) is 6.92 Å². The number of thiazole rings is 1. The number of aromatic nitrogens is 1. The van der Waals surface area contributed by atoms with Crippen molar-refractivity contribution in [3.8, 4) is 0 Å². The van der Waals surface area contributed by atoms with Crippen LogP contribution < -0.4 is 15.5 Å². The molecule has 0 unspecified atom stereocenters. The lowest BCUT2D eigenvalue weighted by atomic mass is 10.2. The minimum absolute atomic E-state index is 0.856. The van der Waals surface area contributed by atoms with Crippen LogP contribution in [0.4, 0.5) is 5.69 Å². The smallest absolute Gasteiger partial charge is 0.190 e. The van der Waals surface area contributed by atoms with Crippen LogP contribution in [0.1, 0.15) is 23.5 Å². The highest BCUT2D eigenvalue weighted by molar-refractivity contribution is 7.09.